The van der Waals surface area contributed by atoms with Crippen LogP contribution in [0.15, 0.2) is 36.4 Å². The molecule has 5 nitrogen and oxygen atoms in total. The van der Waals surface area contributed by atoms with Gasteiger partial charge in [-0.25, -0.2) is 22.0 Å². The van der Waals surface area contributed by atoms with E-state index in [1.54, 1.807) is 6.92 Å². The third-order valence-electron chi connectivity index (χ3n) is 6.18. The van der Waals surface area contributed by atoms with Crippen LogP contribution in [0.4, 0.5) is 22.0 Å². The highest BCUT2D eigenvalue weighted by molar-refractivity contribution is 5.84. The van der Waals surface area contributed by atoms with Gasteiger partial charge in [0.05, 0.1) is 39.0 Å². The van der Waals surface area contributed by atoms with E-state index in [0.717, 1.165) is 6.07 Å². The molecule has 2 heterocycles. The lowest BCUT2D eigenvalue weighted by Crippen LogP contribution is -2.44. The zero-order chi connectivity index (χ0) is 25.4. The first kappa shape index (κ1) is 24.9. The fraction of sp³-hybridized carbons (Fsp3) is 0.385. The summed E-state index contributed by atoms with van der Waals surface area (Å²) in [5.41, 5.74) is 0.993. The average Bonchev–Trinajstić information content (AvgIpc) is 2.87. The molecular formula is C26H23F5O5. The molecule has 192 valence electrons. The summed E-state index contributed by atoms with van der Waals surface area (Å²) in [6, 6.07) is 7.70. The van der Waals surface area contributed by atoms with Gasteiger partial charge in [-0.2, -0.15) is 0 Å². The van der Waals surface area contributed by atoms with Gasteiger partial charge in [0.25, 0.3) is 0 Å². The molecule has 3 aromatic carbocycles. The van der Waals surface area contributed by atoms with Gasteiger partial charge in [-0.3, -0.25) is 0 Å². The fourth-order valence-electron chi connectivity index (χ4n) is 4.29. The normalized spacial score (nSPS) is 24.7. The Morgan fingerprint density at radius 2 is 1.44 bits per heavy atom. The Morgan fingerprint density at radius 1 is 0.778 bits per heavy atom. The molecule has 0 aromatic heterocycles. The monoisotopic (exact) mass is 510 g/mol. The molecule has 0 unspecified atom stereocenters. The topological polar surface area (TPSA) is 46.2 Å². The van der Waals surface area contributed by atoms with Gasteiger partial charge in [0.15, 0.2) is 47.4 Å². The maximum absolute atomic E-state index is 14.0. The van der Waals surface area contributed by atoms with Crippen molar-refractivity contribution in [3.63, 3.8) is 0 Å². The maximum atomic E-state index is 14.0. The molecule has 5 rings (SSSR count). The van der Waals surface area contributed by atoms with E-state index in [-0.39, 0.29) is 55.6 Å². The molecule has 0 spiro atoms. The van der Waals surface area contributed by atoms with Crippen LogP contribution in [0.25, 0.3) is 10.8 Å². The molecule has 0 aliphatic carbocycles. The van der Waals surface area contributed by atoms with Gasteiger partial charge in [0.1, 0.15) is 0 Å². The van der Waals surface area contributed by atoms with Crippen molar-refractivity contribution < 1.29 is 45.6 Å². The minimum atomic E-state index is -1.51. The highest BCUT2D eigenvalue weighted by Gasteiger charge is 2.34. The van der Waals surface area contributed by atoms with Gasteiger partial charge in [0, 0.05) is 16.9 Å². The highest BCUT2D eigenvalue weighted by Crippen LogP contribution is 2.32. The van der Waals surface area contributed by atoms with Crippen molar-refractivity contribution >= 4 is 10.8 Å². The quantitative estimate of drug-likeness (QED) is 0.332. The number of benzene rings is 3. The van der Waals surface area contributed by atoms with E-state index in [9.17, 15) is 22.0 Å². The predicted molar refractivity (Wildman–Crippen MR) is 118 cm³/mol. The van der Waals surface area contributed by atoms with Gasteiger partial charge >= 0.3 is 0 Å². The number of hydrogen-bond acceptors (Lipinski definition) is 5. The van der Waals surface area contributed by atoms with Crippen molar-refractivity contribution in [2.75, 3.05) is 33.0 Å². The Labute approximate surface area is 203 Å². The van der Waals surface area contributed by atoms with E-state index >= 15 is 0 Å². The molecule has 2 aliphatic heterocycles. The Bertz CT molecular complexity index is 1230. The first-order chi connectivity index (χ1) is 17.3. The summed E-state index contributed by atoms with van der Waals surface area (Å²) in [6.07, 6.45) is -1.37. The predicted octanol–water partition coefficient (Wildman–Crippen LogP) is 5.57. The zero-order valence-electron chi connectivity index (χ0n) is 19.2. The molecule has 0 bridgehead atoms. The Hall–Kier alpha value is -2.79. The van der Waals surface area contributed by atoms with Crippen LogP contribution in [-0.4, -0.2) is 39.3 Å². The SMILES string of the molecule is Cc1cc(F)c(OCC2COC(C3COC(c4ccc5c(F)c(F)c(F)cc5c4)OC3)OC2)c(F)c1. The number of ether oxygens (including phenoxy) is 5. The van der Waals surface area contributed by atoms with Crippen LogP contribution in [0, 0.1) is 47.8 Å². The van der Waals surface area contributed by atoms with E-state index in [4.69, 9.17) is 23.7 Å². The van der Waals surface area contributed by atoms with Crippen molar-refractivity contribution in [3.05, 3.63) is 76.6 Å². The summed E-state index contributed by atoms with van der Waals surface area (Å²) in [5.74, 6) is -6.43. The lowest BCUT2D eigenvalue weighted by molar-refractivity contribution is -0.284. The van der Waals surface area contributed by atoms with Crippen molar-refractivity contribution in [1.29, 1.82) is 0 Å². The summed E-state index contributed by atoms with van der Waals surface area (Å²) in [5, 5.41) is 0.151. The second kappa shape index (κ2) is 10.3. The third kappa shape index (κ3) is 5.04. The van der Waals surface area contributed by atoms with Crippen LogP contribution in [0.3, 0.4) is 0 Å². The van der Waals surface area contributed by atoms with Gasteiger partial charge in [-0.15, -0.1) is 0 Å². The molecular weight excluding hydrogens is 487 g/mol. The average molecular weight is 510 g/mol. The molecule has 10 heteroatoms. The van der Waals surface area contributed by atoms with Gasteiger partial charge in [-0.1, -0.05) is 12.1 Å². The zero-order valence-corrected chi connectivity index (χ0v) is 19.2. The Morgan fingerprint density at radius 3 is 2.11 bits per heavy atom. The first-order valence-corrected chi connectivity index (χ1v) is 11.4. The molecule has 0 atom stereocenters. The van der Waals surface area contributed by atoms with E-state index in [1.165, 1.54) is 30.3 Å². The molecule has 0 amide bonds. The Kier molecular flexibility index (Phi) is 7.11. The van der Waals surface area contributed by atoms with Crippen LogP contribution < -0.4 is 4.74 Å². The molecule has 36 heavy (non-hydrogen) atoms. The van der Waals surface area contributed by atoms with Crippen molar-refractivity contribution in [3.8, 4) is 5.75 Å². The summed E-state index contributed by atoms with van der Waals surface area (Å²) >= 11 is 0. The molecule has 0 radical (unpaired) electrons. The van der Waals surface area contributed by atoms with Crippen LogP contribution >= 0.6 is 0 Å². The molecule has 0 saturated carbocycles. The Balaban J connectivity index is 1.12. The van der Waals surface area contributed by atoms with Gasteiger partial charge < -0.3 is 23.7 Å². The maximum Gasteiger partial charge on any atom is 0.195 e. The number of fused-ring (bicyclic) bond motifs is 1. The minimum absolute atomic E-state index is 0.0242. The molecule has 3 aromatic rings. The number of aryl methyl sites for hydroxylation is 1. The van der Waals surface area contributed by atoms with E-state index in [2.05, 4.69) is 0 Å². The molecule has 2 saturated heterocycles. The smallest absolute Gasteiger partial charge is 0.195 e. The second-order valence-electron chi connectivity index (χ2n) is 9.00. The fourth-order valence-corrected chi connectivity index (χ4v) is 4.29. The van der Waals surface area contributed by atoms with Crippen LogP contribution in [0.2, 0.25) is 0 Å². The summed E-state index contributed by atoms with van der Waals surface area (Å²) < 4.78 is 97.3. The van der Waals surface area contributed by atoms with Gasteiger partial charge in [0.2, 0.25) is 0 Å². The number of hydrogen-bond donors (Lipinski definition) is 0. The van der Waals surface area contributed by atoms with E-state index in [1.807, 2.05) is 0 Å². The van der Waals surface area contributed by atoms with Crippen molar-refractivity contribution in [2.45, 2.75) is 19.5 Å². The summed E-state index contributed by atoms with van der Waals surface area (Å²) in [7, 11) is 0. The minimum Gasteiger partial charge on any atom is -0.487 e. The van der Waals surface area contributed by atoms with Crippen LogP contribution in [0.5, 0.6) is 5.75 Å². The summed E-state index contributed by atoms with van der Waals surface area (Å²) in [4.78, 5) is 0. The lowest BCUT2D eigenvalue weighted by atomic mass is 10.0. The highest BCUT2D eigenvalue weighted by atomic mass is 19.2. The van der Waals surface area contributed by atoms with E-state index in [0.29, 0.717) is 11.1 Å². The third-order valence-corrected chi connectivity index (χ3v) is 6.18. The van der Waals surface area contributed by atoms with Crippen LogP contribution in [-0.2, 0) is 18.9 Å². The molecule has 2 fully saturated rings. The van der Waals surface area contributed by atoms with E-state index < -0.39 is 47.4 Å². The van der Waals surface area contributed by atoms with Crippen molar-refractivity contribution in [1.82, 2.24) is 0 Å². The van der Waals surface area contributed by atoms with Crippen LogP contribution in [0.1, 0.15) is 17.4 Å². The molecule has 2 aliphatic rings. The summed E-state index contributed by atoms with van der Waals surface area (Å²) in [6.45, 7) is 2.61. The standard InChI is InChI=1S/C26H23F5O5/c1-13-4-20(28)24(21(29)5-13)32-8-14-9-33-26(34-10-14)17-11-35-25(36-12-17)15-2-3-18-16(6-15)7-19(27)23(31)22(18)30/h2-7,14,17,25-26H,8-12H2,1H3. The largest absolute Gasteiger partial charge is 0.487 e. The second-order valence-corrected chi connectivity index (χ2v) is 9.00. The lowest BCUT2D eigenvalue weighted by Gasteiger charge is -2.37. The number of rotatable bonds is 5. The van der Waals surface area contributed by atoms with Gasteiger partial charge in [-0.05, 0) is 42.1 Å². The molecule has 0 N–H and O–H groups in total. The number of halogens is 5. The van der Waals surface area contributed by atoms with Crippen molar-refractivity contribution in [2.24, 2.45) is 11.8 Å². The first-order valence-electron chi connectivity index (χ1n) is 11.4.